The first kappa shape index (κ1) is 29.1. The number of hydrogen-bond donors (Lipinski definition) is 1. The van der Waals surface area contributed by atoms with E-state index in [1.807, 2.05) is 34.1 Å². The van der Waals surface area contributed by atoms with E-state index >= 15 is 0 Å². The largest absolute Gasteiger partial charge is 0.378 e. The highest BCUT2D eigenvalue weighted by molar-refractivity contribution is 5.99. The summed E-state index contributed by atoms with van der Waals surface area (Å²) >= 11 is 0. The first-order valence-electron chi connectivity index (χ1n) is 14.0. The predicted octanol–water partition coefficient (Wildman–Crippen LogP) is 4.24. The molecule has 2 aliphatic rings. The number of morpholine rings is 1. The number of ether oxygens (including phenoxy) is 1. The Morgan fingerprint density at radius 2 is 1.74 bits per heavy atom. The Hall–Kier alpha value is -2.87. The van der Waals surface area contributed by atoms with Gasteiger partial charge in [0, 0.05) is 56.2 Å². The van der Waals surface area contributed by atoms with Crippen LogP contribution in [0.2, 0.25) is 0 Å². The van der Waals surface area contributed by atoms with Crippen LogP contribution in [0, 0.1) is 11.8 Å². The van der Waals surface area contributed by atoms with Gasteiger partial charge >= 0.3 is 0 Å². The first-order valence-corrected chi connectivity index (χ1v) is 14.0. The smallest absolute Gasteiger partial charge is 0.270 e. The van der Waals surface area contributed by atoms with Crippen molar-refractivity contribution in [1.29, 1.82) is 0 Å². The number of nitrogens with zero attached hydrogens (tertiary/aromatic N) is 3. The third-order valence-electron chi connectivity index (χ3n) is 7.76. The molecule has 2 atom stereocenters. The van der Waals surface area contributed by atoms with Gasteiger partial charge in [-0.15, -0.1) is 12.4 Å². The topological polar surface area (TPSA) is 66.8 Å². The highest BCUT2D eigenvalue weighted by Gasteiger charge is 2.36. The van der Waals surface area contributed by atoms with Crippen LogP contribution in [0.5, 0.6) is 0 Å². The average Bonchev–Trinajstić information content (AvgIpc) is 3.33. The highest BCUT2D eigenvalue weighted by Crippen LogP contribution is 2.26. The molecule has 3 aromatic rings. The molecule has 2 saturated heterocycles. The second-order valence-electron chi connectivity index (χ2n) is 11.0. The number of carbonyl (C=O) groups excluding carboxylic acids is 2. The van der Waals surface area contributed by atoms with Gasteiger partial charge in [-0.2, -0.15) is 0 Å². The van der Waals surface area contributed by atoms with Crippen molar-refractivity contribution in [1.82, 2.24) is 19.7 Å². The predicted molar refractivity (Wildman–Crippen MR) is 157 cm³/mol. The van der Waals surface area contributed by atoms with Gasteiger partial charge in [0.1, 0.15) is 5.69 Å². The zero-order valence-corrected chi connectivity index (χ0v) is 23.9. The lowest BCUT2D eigenvalue weighted by molar-refractivity contribution is -0.140. The van der Waals surface area contributed by atoms with Gasteiger partial charge < -0.3 is 24.4 Å². The first-order chi connectivity index (χ1) is 18.5. The van der Waals surface area contributed by atoms with Crippen molar-refractivity contribution in [3.63, 3.8) is 0 Å². The maximum absolute atomic E-state index is 14.3. The van der Waals surface area contributed by atoms with Crippen molar-refractivity contribution >= 4 is 35.1 Å². The van der Waals surface area contributed by atoms with Gasteiger partial charge in [-0.25, -0.2) is 0 Å². The number of amides is 2. The Balaban J connectivity index is 0.00000353. The van der Waals surface area contributed by atoms with Gasteiger partial charge in [-0.1, -0.05) is 62.4 Å². The summed E-state index contributed by atoms with van der Waals surface area (Å²) in [6, 6.07) is 20.7. The molecule has 3 heterocycles. The standard InChI is InChI=1S/C31H40N4O3.ClH/c1-23(2)22-35(27-18-26(20-32-21-27)30(36)33-14-16-38-17-15-33)31(37)29-19-25-10-6-7-11-28(25)34(29)13-12-24-8-4-3-5-9-24;/h3-11,19,23,26-27,32H,12-18,20-22H2,1-2H3;1H/t26-,27+;/m1./s1. The number of piperidine rings is 1. The van der Waals surface area contributed by atoms with Crippen LogP contribution in [0.4, 0.5) is 0 Å². The van der Waals surface area contributed by atoms with Crippen molar-refractivity contribution in [2.24, 2.45) is 11.8 Å². The Morgan fingerprint density at radius 3 is 2.49 bits per heavy atom. The Bertz CT molecular complexity index is 1240. The molecule has 210 valence electrons. The molecule has 0 spiro atoms. The van der Waals surface area contributed by atoms with E-state index in [2.05, 4.69) is 60.1 Å². The fourth-order valence-corrected chi connectivity index (χ4v) is 5.84. The van der Waals surface area contributed by atoms with E-state index in [-0.39, 0.29) is 36.2 Å². The van der Waals surface area contributed by atoms with Gasteiger partial charge in [-0.05, 0) is 36.5 Å². The van der Waals surface area contributed by atoms with Gasteiger partial charge in [0.25, 0.3) is 5.91 Å². The number of rotatable bonds is 8. The molecule has 0 unspecified atom stereocenters. The van der Waals surface area contributed by atoms with Gasteiger partial charge in [0.2, 0.25) is 5.91 Å². The zero-order chi connectivity index (χ0) is 26.5. The lowest BCUT2D eigenvalue weighted by Crippen LogP contribution is -2.56. The number of halogens is 1. The molecule has 2 aliphatic heterocycles. The van der Waals surface area contributed by atoms with E-state index < -0.39 is 0 Å². The van der Waals surface area contributed by atoms with Gasteiger partial charge in [-0.3, -0.25) is 9.59 Å². The summed E-state index contributed by atoms with van der Waals surface area (Å²) in [5.41, 5.74) is 3.06. The minimum Gasteiger partial charge on any atom is -0.378 e. The summed E-state index contributed by atoms with van der Waals surface area (Å²) < 4.78 is 7.63. The minimum atomic E-state index is -0.127. The molecule has 0 aliphatic carbocycles. The quantitative estimate of drug-likeness (QED) is 0.454. The third-order valence-corrected chi connectivity index (χ3v) is 7.76. The van der Waals surface area contributed by atoms with Crippen molar-refractivity contribution in [2.75, 3.05) is 45.9 Å². The number of aryl methyl sites for hydroxylation is 2. The monoisotopic (exact) mass is 552 g/mol. The molecule has 5 rings (SSSR count). The fourth-order valence-electron chi connectivity index (χ4n) is 5.84. The number of fused-ring (bicyclic) bond motifs is 1. The minimum absolute atomic E-state index is 0. The molecule has 1 N–H and O–H groups in total. The molecular formula is C31H41ClN4O3. The summed E-state index contributed by atoms with van der Waals surface area (Å²) in [7, 11) is 0. The van der Waals surface area contributed by atoms with E-state index in [0.717, 1.165) is 29.6 Å². The molecule has 39 heavy (non-hydrogen) atoms. The number of aromatic nitrogens is 1. The van der Waals surface area contributed by atoms with Crippen LogP contribution in [-0.2, 0) is 22.5 Å². The summed E-state index contributed by atoms with van der Waals surface area (Å²) in [6.45, 7) is 9.55. The van der Waals surface area contributed by atoms with Crippen LogP contribution < -0.4 is 5.32 Å². The molecule has 2 fully saturated rings. The van der Waals surface area contributed by atoms with Crippen LogP contribution in [-0.4, -0.2) is 78.2 Å². The molecule has 8 heteroatoms. The SMILES string of the molecule is CC(C)CN(C(=O)c1cc2ccccc2n1CCc1ccccc1)[C@@H]1CNC[C@H](C(=O)N2CCOCC2)C1.Cl. The number of benzene rings is 2. The maximum Gasteiger partial charge on any atom is 0.270 e. The molecular weight excluding hydrogens is 512 g/mol. The van der Waals surface area contributed by atoms with E-state index in [4.69, 9.17) is 4.74 Å². The molecule has 0 saturated carbocycles. The van der Waals surface area contributed by atoms with E-state index in [1.54, 1.807) is 0 Å². The Morgan fingerprint density at radius 1 is 1.03 bits per heavy atom. The lowest BCUT2D eigenvalue weighted by atomic mass is 9.92. The second kappa shape index (κ2) is 13.5. The van der Waals surface area contributed by atoms with Crippen molar-refractivity contribution in [3.8, 4) is 0 Å². The van der Waals surface area contributed by atoms with Gasteiger partial charge in [0.15, 0.2) is 0 Å². The molecule has 1 aromatic heterocycles. The van der Waals surface area contributed by atoms with Gasteiger partial charge in [0.05, 0.1) is 19.1 Å². The molecule has 2 aromatic carbocycles. The van der Waals surface area contributed by atoms with E-state index in [1.165, 1.54) is 5.56 Å². The van der Waals surface area contributed by atoms with Crippen LogP contribution in [0.15, 0.2) is 60.7 Å². The number of para-hydroxylation sites is 1. The summed E-state index contributed by atoms with van der Waals surface area (Å²) in [5.74, 6) is 0.420. The Kier molecular flexibility index (Phi) is 10.1. The number of carbonyl (C=O) groups is 2. The van der Waals surface area contributed by atoms with Crippen molar-refractivity contribution < 1.29 is 14.3 Å². The number of hydrogen-bond acceptors (Lipinski definition) is 4. The van der Waals surface area contributed by atoms with Crippen LogP contribution in [0.1, 0.15) is 36.3 Å². The van der Waals surface area contributed by atoms with Crippen LogP contribution >= 0.6 is 12.4 Å². The average molecular weight is 553 g/mol. The Labute approximate surface area is 237 Å². The van der Waals surface area contributed by atoms with Crippen molar-refractivity contribution in [2.45, 2.75) is 39.3 Å². The van der Waals surface area contributed by atoms with E-state index in [9.17, 15) is 9.59 Å². The summed E-state index contributed by atoms with van der Waals surface area (Å²) in [6.07, 6.45) is 1.54. The van der Waals surface area contributed by atoms with Crippen LogP contribution in [0.3, 0.4) is 0 Å². The molecule has 0 bridgehead atoms. The maximum atomic E-state index is 14.3. The third kappa shape index (κ3) is 6.83. The summed E-state index contributed by atoms with van der Waals surface area (Å²) in [5, 5.41) is 4.55. The van der Waals surface area contributed by atoms with Crippen LogP contribution in [0.25, 0.3) is 10.9 Å². The fraction of sp³-hybridized carbons (Fsp3) is 0.484. The number of nitrogens with one attached hydrogen (secondary N) is 1. The van der Waals surface area contributed by atoms with Crippen molar-refractivity contribution in [3.05, 3.63) is 71.9 Å². The summed E-state index contributed by atoms with van der Waals surface area (Å²) in [4.78, 5) is 31.6. The zero-order valence-electron chi connectivity index (χ0n) is 23.1. The highest BCUT2D eigenvalue weighted by atomic mass is 35.5. The van der Waals surface area contributed by atoms with E-state index in [0.29, 0.717) is 58.3 Å². The normalized spacial score (nSPS) is 19.6. The molecule has 0 radical (unpaired) electrons. The lowest BCUT2D eigenvalue weighted by Gasteiger charge is -2.40. The molecule has 7 nitrogen and oxygen atoms in total. The second-order valence-corrected chi connectivity index (χ2v) is 11.0. The molecule has 2 amide bonds.